The third-order valence-corrected chi connectivity index (χ3v) is 4.10. The second-order valence-corrected chi connectivity index (χ2v) is 6.12. The maximum absolute atomic E-state index is 10.9. The average molecular weight is 347 g/mol. The Kier molecular flexibility index (Phi) is 5.54. The molecule has 3 rings (SSSR count). The van der Waals surface area contributed by atoms with Crippen LogP contribution in [0.2, 0.25) is 0 Å². The molecular weight excluding hydrogens is 326 g/mol. The maximum Gasteiger partial charge on any atom is 0.335 e. The zero-order chi connectivity index (χ0) is 18.4. The number of para-hydroxylation sites is 1. The summed E-state index contributed by atoms with van der Waals surface area (Å²) in [5, 5.41) is 12.4. The van der Waals surface area contributed by atoms with E-state index in [0.29, 0.717) is 13.2 Å². The number of hydrogen-bond acceptors (Lipinski definition) is 3. The van der Waals surface area contributed by atoms with Gasteiger partial charge in [-0.1, -0.05) is 48.0 Å². The SMILES string of the molecule is Cc1ccc(NCc2ccccc2OCc2ccc(C(=O)O)cc2)cc1. The van der Waals surface area contributed by atoms with Crippen molar-refractivity contribution < 1.29 is 14.6 Å². The molecule has 4 heteroatoms. The first-order valence-electron chi connectivity index (χ1n) is 8.45. The normalized spacial score (nSPS) is 10.3. The number of ether oxygens (including phenoxy) is 1. The van der Waals surface area contributed by atoms with E-state index in [0.717, 1.165) is 22.6 Å². The van der Waals surface area contributed by atoms with Crippen LogP contribution >= 0.6 is 0 Å². The quantitative estimate of drug-likeness (QED) is 0.639. The van der Waals surface area contributed by atoms with Crippen molar-refractivity contribution in [3.8, 4) is 5.75 Å². The van der Waals surface area contributed by atoms with E-state index in [2.05, 4.69) is 36.5 Å². The number of rotatable bonds is 7. The van der Waals surface area contributed by atoms with Crippen molar-refractivity contribution in [2.24, 2.45) is 0 Å². The van der Waals surface area contributed by atoms with Gasteiger partial charge in [-0.15, -0.1) is 0 Å². The third-order valence-electron chi connectivity index (χ3n) is 4.10. The molecule has 0 aliphatic carbocycles. The van der Waals surface area contributed by atoms with Crippen molar-refractivity contribution in [3.63, 3.8) is 0 Å². The van der Waals surface area contributed by atoms with Crippen LogP contribution in [0.4, 0.5) is 5.69 Å². The molecule has 3 aromatic carbocycles. The molecule has 0 radical (unpaired) electrons. The summed E-state index contributed by atoms with van der Waals surface area (Å²) < 4.78 is 5.94. The highest BCUT2D eigenvalue weighted by Crippen LogP contribution is 2.21. The van der Waals surface area contributed by atoms with E-state index in [1.807, 2.05) is 24.3 Å². The van der Waals surface area contributed by atoms with E-state index in [1.165, 1.54) is 5.56 Å². The topological polar surface area (TPSA) is 58.6 Å². The maximum atomic E-state index is 10.9. The minimum Gasteiger partial charge on any atom is -0.489 e. The minimum atomic E-state index is -0.926. The lowest BCUT2D eigenvalue weighted by Crippen LogP contribution is -2.04. The summed E-state index contributed by atoms with van der Waals surface area (Å²) >= 11 is 0. The molecule has 0 aliphatic heterocycles. The predicted molar refractivity (Wildman–Crippen MR) is 103 cm³/mol. The van der Waals surface area contributed by atoms with Crippen molar-refractivity contribution in [2.75, 3.05) is 5.32 Å². The lowest BCUT2D eigenvalue weighted by molar-refractivity contribution is 0.0697. The molecule has 0 fully saturated rings. The number of carbonyl (C=O) groups is 1. The summed E-state index contributed by atoms with van der Waals surface area (Å²) in [4.78, 5) is 10.9. The number of aryl methyl sites for hydroxylation is 1. The fraction of sp³-hybridized carbons (Fsp3) is 0.136. The third kappa shape index (κ3) is 4.63. The number of benzene rings is 3. The molecule has 0 aliphatic rings. The van der Waals surface area contributed by atoms with Gasteiger partial charge < -0.3 is 15.2 Å². The molecule has 0 saturated heterocycles. The van der Waals surface area contributed by atoms with Crippen LogP contribution in [0.15, 0.2) is 72.8 Å². The number of hydrogen-bond donors (Lipinski definition) is 2. The summed E-state index contributed by atoms with van der Waals surface area (Å²) in [5.41, 5.74) is 4.56. The van der Waals surface area contributed by atoms with Crippen molar-refractivity contribution >= 4 is 11.7 Å². The molecular formula is C22H21NO3. The molecule has 2 N–H and O–H groups in total. The van der Waals surface area contributed by atoms with Gasteiger partial charge in [-0.3, -0.25) is 0 Å². The van der Waals surface area contributed by atoms with Crippen LogP contribution in [0.1, 0.15) is 27.0 Å². The zero-order valence-corrected chi connectivity index (χ0v) is 14.6. The van der Waals surface area contributed by atoms with E-state index in [1.54, 1.807) is 24.3 Å². The fourth-order valence-electron chi connectivity index (χ4n) is 2.56. The Morgan fingerprint density at radius 2 is 1.65 bits per heavy atom. The Morgan fingerprint density at radius 1 is 0.962 bits per heavy atom. The molecule has 0 spiro atoms. The van der Waals surface area contributed by atoms with Crippen molar-refractivity contribution in [3.05, 3.63) is 95.1 Å². The summed E-state index contributed by atoms with van der Waals surface area (Å²) in [6.45, 7) is 3.12. The predicted octanol–water partition coefficient (Wildman–Crippen LogP) is 4.88. The van der Waals surface area contributed by atoms with Crippen LogP contribution in [0.25, 0.3) is 0 Å². The van der Waals surface area contributed by atoms with Crippen LogP contribution in [0.3, 0.4) is 0 Å². The Labute approximate surface area is 153 Å². The molecule has 132 valence electrons. The first kappa shape index (κ1) is 17.5. The van der Waals surface area contributed by atoms with Gasteiger partial charge in [0, 0.05) is 17.8 Å². The number of nitrogens with one attached hydrogen (secondary N) is 1. The van der Waals surface area contributed by atoms with E-state index in [9.17, 15) is 4.79 Å². The lowest BCUT2D eigenvalue weighted by Gasteiger charge is -2.13. The largest absolute Gasteiger partial charge is 0.489 e. The summed E-state index contributed by atoms with van der Waals surface area (Å²) in [6.07, 6.45) is 0. The molecule has 4 nitrogen and oxygen atoms in total. The molecule has 0 unspecified atom stereocenters. The van der Waals surface area contributed by atoms with Crippen LogP contribution < -0.4 is 10.1 Å². The van der Waals surface area contributed by atoms with Gasteiger partial charge in [0.05, 0.1) is 5.56 Å². The van der Waals surface area contributed by atoms with Gasteiger partial charge in [0.15, 0.2) is 0 Å². The van der Waals surface area contributed by atoms with Gasteiger partial charge in [-0.05, 0) is 42.8 Å². The first-order valence-corrected chi connectivity index (χ1v) is 8.45. The molecule has 0 aromatic heterocycles. The van der Waals surface area contributed by atoms with Gasteiger partial charge in [0.1, 0.15) is 12.4 Å². The molecule has 0 atom stereocenters. The van der Waals surface area contributed by atoms with Gasteiger partial charge in [0.25, 0.3) is 0 Å². The molecule has 0 saturated carbocycles. The molecule has 26 heavy (non-hydrogen) atoms. The van der Waals surface area contributed by atoms with E-state index in [-0.39, 0.29) is 5.56 Å². The molecule has 0 heterocycles. The van der Waals surface area contributed by atoms with Crippen LogP contribution in [-0.2, 0) is 13.2 Å². The molecule has 0 bridgehead atoms. The Hall–Kier alpha value is -3.27. The highest BCUT2D eigenvalue weighted by molar-refractivity contribution is 5.87. The van der Waals surface area contributed by atoms with Crippen molar-refractivity contribution in [2.45, 2.75) is 20.1 Å². The Balaban J connectivity index is 1.63. The first-order chi connectivity index (χ1) is 12.6. The molecule has 0 amide bonds. The summed E-state index contributed by atoms with van der Waals surface area (Å²) in [6, 6.07) is 22.9. The van der Waals surface area contributed by atoms with Crippen molar-refractivity contribution in [1.29, 1.82) is 0 Å². The van der Waals surface area contributed by atoms with Crippen LogP contribution in [0, 0.1) is 6.92 Å². The van der Waals surface area contributed by atoms with E-state index in [4.69, 9.17) is 9.84 Å². The smallest absolute Gasteiger partial charge is 0.335 e. The van der Waals surface area contributed by atoms with Gasteiger partial charge in [0.2, 0.25) is 0 Å². The second-order valence-electron chi connectivity index (χ2n) is 6.12. The standard InChI is InChI=1S/C22H21NO3/c1-16-6-12-20(13-7-16)23-14-19-4-2-3-5-21(19)26-15-17-8-10-18(11-9-17)22(24)25/h2-13,23H,14-15H2,1H3,(H,24,25). The van der Waals surface area contributed by atoms with Gasteiger partial charge >= 0.3 is 5.97 Å². The Morgan fingerprint density at radius 3 is 2.35 bits per heavy atom. The monoisotopic (exact) mass is 347 g/mol. The molecule has 3 aromatic rings. The van der Waals surface area contributed by atoms with Gasteiger partial charge in [-0.25, -0.2) is 4.79 Å². The Bertz CT molecular complexity index is 871. The fourth-order valence-corrected chi connectivity index (χ4v) is 2.56. The van der Waals surface area contributed by atoms with Crippen LogP contribution in [0.5, 0.6) is 5.75 Å². The number of carboxylic acid groups (broad SMARTS) is 1. The number of anilines is 1. The highest BCUT2D eigenvalue weighted by atomic mass is 16.5. The minimum absolute atomic E-state index is 0.274. The summed E-state index contributed by atoms with van der Waals surface area (Å²) in [7, 11) is 0. The number of aromatic carboxylic acids is 1. The number of carboxylic acids is 1. The van der Waals surface area contributed by atoms with Crippen LogP contribution in [-0.4, -0.2) is 11.1 Å². The van der Waals surface area contributed by atoms with E-state index >= 15 is 0 Å². The lowest BCUT2D eigenvalue weighted by atomic mass is 10.1. The van der Waals surface area contributed by atoms with Gasteiger partial charge in [-0.2, -0.15) is 0 Å². The van der Waals surface area contributed by atoms with E-state index < -0.39 is 5.97 Å². The second kappa shape index (κ2) is 8.21. The zero-order valence-electron chi connectivity index (χ0n) is 14.6. The summed E-state index contributed by atoms with van der Waals surface area (Å²) in [5.74, 6) is -0.112. The van der Waals surface area contributed by atoms with Crippen molar-refractivity contribution in [1.82, 2.24) is 0 Å². The highest BCUT2D eigenvalue weighted by Gasteiger charge is 2.05. The average Bonchev–Trinajstić information content (AvgIpc) is 2.67.